The Kier molecular flexibility index (Phi) is 8.41. The number of anilines is 1. The molecule has 10 heteroatoms. The predicted octanol–water partition coefficient (Wildman–Crippen LogP) is 6.04. The molecule has 0 spiro atoms. The van der Waals surface area contributed by atoms with Crippen LogP contribution in [0.15, 0.2) is 95.9 Å². The topological polar surface area (TPSA) is 88.4 Å². The first-order valence-electron chi connectivity index (χ1n) is 11.8. The summed E-state index contributed by atoms with van der Waals surface area (Å²) in [5, 5.41) is 12.9. The zero-order valence-corrected chi connectivity index (χ0v) is 21.3. The Bertz CT molecular complexity index is 1650. The quantitative estimate of drug-likeness (QED) is 0.279. The van der Waals surface area contributed by atoms with E-state index in [1.54, 1.807) is 48.5 Å². The van der Waals surface area contributed by atoms with Crippen molar-refractivity contribution in [1.29, 1.82) is 0 Å². The van der Waals surface area contributed by atoms with E-state index in [2.05, 4.69) is 17.2 Å². The van der Waals surface area contributed by atoms with Crippen LogP contribution >= 0.6 is 11.6 Å². The molecule has 0 radical (unpaired) electrons. The van der Waals surface area contributed by atoms with Crippen LogP contribution < -0.4 is 10.9 Å². The van der Waals surface area contributed by atoms with E-state index in [4.69, 9.17) is 11.6 Å². The maximum Gasteiger partial charge on any atom is 0.416 e. The third kappa shape index (κ3) is 6.98. The number of nitrogens with one attached hydrogen (secondary N) is 1. The third-order valence-electron chi connectivity index (χ3n) is 5.85. The number of alkyl halides is 3. The van der Waals surface area contributed by atoms with Crippen LogP contribution in [0.4, 0.5) is 18.9 Å². The van der Waals surface area contributed by atoms with Gasteiger partial charge in [-0.05, 0) is 60.2 Å². The fraction of sp³-hybridized carbons (Fsp3) is 0.100. The average molecular weight is 565 g/mol. The van der Waals surface area contributed by atoms with Gasteiger partial charge >= 0.3 is 12.1 Å². The van der Waals surface area contributed by atoms with Crippen molar-refractivity contribution in [2.45, 2.75) is 18.6 Å². The van der Waals surface area contributed by atoms with E-state index in [0.717, 1.165) is 28.8 Å². The molecule has 0 saturated carbocycles. The molecular formula is C30H20ClF3N2O4. The zero-order chi connectivity index (χ0) is 28.9. The van der Waals surface area contributed by atoms with Crippen molar-refractivity contribution in [3.05, 3.63) is 134 Å². The highest BCUT2D eigenvalue weighted by Crippen LogP contribution is 2.29. The summed E-state index contributed by atoms with van der Waals surface area (Å²) in [6.07, 6.45) is -3.36. The van der Waals surface area contributed by atoms with Gasteiger partial charge in [-0.25, -0.2) is 4.79 Å². The fourth-order valence-electron chi connectivity index (χ4n) is 3.81. The number of rotatable bonds is 6. The van der Waals surface area contributed by atoms with Crippen molar-refractivity contribution in [3.63, 3.8) is 0 Å². The van der Waals surface area contributed by atoms with Crippen LogP contribution in [-0.4, -0.2) is 21.6 Å². The average Bonchev–Trinajstić information content (AvgIpc) is 2.93. The molecule has 4 rings (SSSR count). The highest BCUT2D eigenvalue weighted by molar-refractivity contribution is 6.30. The Morgan fingerprint density at radius 2 is 1.55 bits per heavy atom. The minimum absolute atomic E-state index is 0.0751. The molecule has 0 fully saturated rings. The number of hydrogen-bond donors (Lipinski definition) is 2. The van der Waals surface area contributed by atoms with E-state index in [0.29, 0.717) is 16.1 Å². The number of benzene rings is 3. The van der Waals surface area contributed by atoms with Gasteiger partial charge in [0.15, 0.2) is 0 Å². The number of hydrogen-bond acceptors (Lipinski definition) is 3. The molecule has 0 saturated heterocycles. The lowest BCUT2D eigenvalue weighted by molar-refractivity contribution is -0.141. The van der Waals surface area contributed by atoms with Crippen LogP contribution in [0, 0.1) is 11.8 Å². The van der Waals surface area contributed by atoms with Crippen molar-refractivity contribution >= 4 is 29.2 Å². The number of carboxylic acid groups (broad SMARTS) is 1. The summed E-state index contributed by atoms with van der Waals surface area (Å²) in [6, 6.07) is 18.8. The number of halogens is 4. The van der Waals surface area contributed by atoms with Gasteiger partial charge in [0, 0.05) is 34.3 Å². The number of aromatic nitrogens is 1. The molecule has 0 aliphatic heterocycles. The van der Waals surface area contributed by atoms with Crippen molar-refractivity contribution < 1.29 is 27.9 Å². The standard InChI is InChI=1S/C30H20ClF3N2O4/c31-24-14-8-20(9-15-24)17-26(29(39)40)36-18-21(7-6-19-4-2-1-3-5-19)16-25(28(36)38)35-27(37)22-10-12-23(13-11-22)30(32,33)34/h1-5,8-16,18,26H,17H2,(H,35,37)(H,39,40). The van der Waals surface area contributed by atoms with Gasteiger partial charge in [0.05, 0.1) is 5.56 Å². The molecule has 0 aliphatic carbocycles. The predicted molar refractivity (Wildman–Crippen MR) is 144 cm³/mol. The van der Waals surface area contributed by atoms with E-state index in [-0.39, 0.29) is 23.2 Å². The number of carbonyl (C=O) groups is 2. The Balaban J connectivity index is 1.75. The first-order valence-corrected chi connectivity index (χ1v) is 12.2. The third-order valence-corrected chi connectivity index (χ3v) is 6.11. The SMILES string of the molecule is O=C(Nc1cc(C#Cc2ccccc2)cn(C(Cc2ccc(Cl)cc2)C(=O)O)c1=O)c1ccc(C(F)(F)F)cc1. The fourth-order valence-corrected chi connectivity index (χ4v) is 3.94. The molecule has 1 aromatic heterocycles. The highest BCUT2D eigenvalue weighted by Gasteiger charge is 2.30. The summed E-state index contributed by atoms with van der Waals surface area (Å²) < 4.78 is 39.7. The van der Waals surface area contributed by atoms with Crippen molar-refractivity contribution in [1.82, 2.24) is 4.57 Å². The first-order chi connectivity index (χ1) is 19.0. The lowest BCUT2D eigenvalue weighted by Crippen LogP contribution is -2.33. The second kappa shape index (κ2) is 11.9. The van der Waals surface area contributed by atoms with Crippen LogP contribution in [0.2, 0.25) is 5.02 Å². The lowest BCUT2D eigenvalue weighted by atomic mass is 10.1. The Hall–Kier alpha value is -4.81. The van der Waals surface area contributed by atoms with Crippen LogP contribution in [0.5, 0.6) is 0 Å². The number of aliphatic carboxylic acids is 1. The van der Waals surface area contributed by atoms with Gasteiger partial charge in [-0.15, -0.1) is 0 Å². The van der Waals surface area contributed by atoms with Crippen molar-refractivity contribution in [3.8, 4) is 11.8 Å². The number of nitrogens with zero attached hydrogens (tertiary/aromatic N) is 1. The number of carbonyl (C=O) groups excluding carboxylic acids is 1. The van der Waals surface area contributed by atoms with Crippen LogP contribution in [0.25, 0.3) is 0 Å². The molecule has 2 N–H and O–H groups in total. The maximum atomic E-state index is 13.4. The molecule has 40 heavy (non-hydrogen) atoms. The van der Waals surface area contributed by atoms with Gasteiger partial charge in [-0.1, -0.05) is 53.8 Å². The molecule has 4 aromatic rings. The lowest BCUT2D eigenvalue weighted by Gasteiger charge is -2.18. The molecule has 0 bridgehead atoms. The minimum Gasteiger partial charge on any atom is -0.480 e. The van der Waals surface area contributed by atoms with Crippen LogP contribution in [0.1, 0.15) is 38.7 Å². The highest BCUT2D eigenvalue weighted by atomic mass is 35.5. The monoisotopic (exact) mass is 564 g/mol. The van der Waals surface area contributed by atoms with E-state index in [9.17, 15) is 32.7 Å². The van der Waals surface area contributed by atoms with E-state index >= 15 is 0 Å². The molecule has 0 aliphatic rings. The Labute approximate surface area is 231 Å². The number of pyridine rings is 1. The van der Waals surface area contributed by atoms with Crippen molar-refractivity contribution in [2.24, 2.45) is 0 Å². The van der Waals surface area contributed by atoms with E-state index in [1.165, 1.54) is 12.3 Å². The Morgan fingerprint density at radius 1 is 0.925 bits per heavy atom. The second-order valence-corrected chi connectivity index (χ2v) is 9.12. The molecule has 1 unspecified atom stereocenters. The van der Waals surface area contributed by atoms with Gasteiger partial charge < -0.3 is 10.4 Å². The van der Waals surface area contributed by atoms with Crippen LogP contribution in [0.3, 0.4) is 0 Å². The molecular weight excluding hydrogens is 545 g/mol. The summed E-state index contributed by atoms with van der Waals surface area (Å²) in [7, 11) is 0. The molecule has 3 aromatic carbocycles. The zero-order valence-electron chi connectivity index (χ0n) is 20.6. The minimum atomic E-state index is -4.58. The van der Waals surface area contributed by atoms with E-state index < -0.39 is 35.2 Å². The summed E-state index contributed by atoms with van der Waals surface area (Å²) in [6.45, 7) is 0. The Morgan fingerprint density at radius 3 is 2.15 bits per heavy atom. The largest absolute Gasteiger partial charge is 0.480 e. The van der Waals surface area contributed by atoms with Crippen LogP contribution in [-0.2, 0) is 17.4 Å². The molecule has 6 nitrogen and oxygen atoms in total. The number of amides is 1. The van der Waals surface area contributed by atoms with E-state index in [1.807, 2.05) is 6.07 Å². The molecule has 1 atom stereocenters. The first kappa shape index (κ1) is 28.2. The summed E-state index contributed by atoms with van der Waals surface area (Å²) in [5.74, 6) is 3.64. The summed E-state index contributed by atoms with van der Waals surface area (Å²) in [4.78, 5) is 38.5. The molecule has 202 valence electrons. The maximum absolute atomic E-state index is 13.4. The summed E-state index contributed by atoms with van der Waals surface area (Å²) >= 11 is 5.93. The summed E-state index contributed by atoms with van der Waals surface area (Å²) in [5.41, 5.74) is -0.689. The molecule has 1 amide bonds. The van der Waals surface area contributed by atoms with Crippen molar-refractivity contribution in [2.75, 3.05) is 5.32 Å². The normalized spacial score (nSPS) is 11.7. The van der Waals surface area contributed by atoms with Gasteiger partial charge in [0.1, 0.15) is 11.7 Å². The van der Waals surface area contributed by atoms with Gasteiger partial charge in [0.25, 0.3) is 11.5 Å². The second-order valence-electron chi connectivity index (χ2n) is 8.68. The smallest absolute Gasteiger partial charge is 0.416 e. The molecule has 1 heterocycles. The van der Waals surface area contributed by atoms with Gasteiger partial charge in [0.2, 0.25) is 0 Å². The number of carboxylic acids is 1. The van der Waals surface area contributed by atoms with Gasteiger partial charge in [-0.3, -0.25) is 14.2 Å². The van der Waals surface area contributed by atoms with Gasteiger partial charge in [-0.2, -0.15) is 13.2 Å².